The lowest BCUT2D eigenvalue weighted by Crippen LogP contribution is -2.44. The van der Waals surface area contributed by atoms with Crippen LogP contribution in [0.3, 0.4) is 0 Å². The summed E-state index contributed by atoms with van der Waals surface area (Å²) in [6.45, 7) is 5.43. The zero-order valence-corrected chi connectivity index (χ0v) is 16.9. The maximum Gasteiger partial charge on any atom is 0.191 e. The van der Waals surface area contributed by atoms with Gasteiger partial charge in [-0.15, -0.1) is 0 Å². The summed E-state index contributed by atoms with van der Waals surface area (Å²) in [5.74, 6) is 2.62. The van der Waals surface area contributed by atoms with Crippen LogP contribution in [0.5, 0.6) is 11.5 Å². The number of methoxy groups -OCH3 is 2. The molecule has 1 unspecified atom stereocenters. The molecule has 1 aliphatic rings. The molecule has 2 aromatic carbocycles. The van der Waals surface area contributed by atoms with Crippen molar-refractivity contribution in [2.75, 3.05) is 38.8 Å². The van der Waals surface area contributed by atoms with Gasteiger partial charge in [0.05, 0.1) is 26.5 Å². The zero-order valence-electron chi connectivity index (χ0n) is 16.9. The Bertz CT molecular complexity index is 794. The standard InChI is InChI=1S/C22H30N4O2/c1-4-23-22(24-15-17-8-7-9-19(14-17)27-2)25-18-12-13-26(16-18)20-10-5-6-11-21(20)28-3/h5-11,14,18H,4,12-13,15-16H2,1-3H3,(H2,23,24,25). The number of guanidine groups is 1. The first kappa shape index (κ1) is 19.9. The molecule has 1 aliphatic heterocycles. The highest BCUT2D eigenvalue weighted by Gasteiger charge is 2.25. The monoisotopic (exact) mass is 382 g/mol. The Morgan fingerprint density at radius 3 is 2.79 bits per heavy atom. The largest absolute Gasteiger partial charge is 0.497 e. The lowest BCUT2D eigenvalue weighted by atomic mass is 10.2. The predicted molar refractivity (Wildman–Crippen MR) is 115 cm³/mol. The van der Waals surface area contributed by atoms with Gasteiger partial charge in [-0.3, -0.25) is 0 Å². The number of hydrogen-bond donors (Lipinski definition) is 2. The molecule has 0 amide bonds. The van der Waals surface area contributed by atoms with E-state index in [-0.39, 0.29) is 0 Å². The summed E-state index contributed by atoms with van der Waals surface area (Å²) in [6.07, 6.45) is 1.06. The number of nitrogens with one attached hydrogen (secondary N) is 2. The lowest BCUT2D eigenvalue weighted by molar-refractivity contribution is 0.414. The van der Waals surface area contributed by atoms with E-state index in [1.54, 1.807) is 14.2 Å². The van der Waals surface area contributed by atoms with Crippen molar-refractivity contribution in [3.05, 3.63) is 54.1 Å². The van der Waals surface area contributed by atoms with Crippen LogP contribution < -0.4 is 25.0 Å². The summed E-state index contributed by atoms with van der Waals surface area (Å²) in [6, 6.07) is 16.5. The summed E-state index contributed by atoms with van der Waals surface area (Å²) in [5, 5.41) is 6.93. The van der Waals surface area contributed by atoms with Gasteiger partial charge in [0.15, 0.2) is 5.96 Å². The summed E-state index contributed by atoms with van der Waals surface area (Å²) in [4.78, 5) is 7.11. The Balaban J connectivity index is 1.62. The lowest BCUT2D eigenvalue weighted by Gasteiger charge is -2.22. The number of aliphatic imine (C=N–C) groups is 1. The fraction of sp³-hybridized carbons (Fsp3) is 0.409. The molecule has 2 N–H and O–H groups in total. The van der Waals surface area contributed by atoms with Crippen molar-refractivity contribution in [1.82, 2.24) is 10.6 Å². The maximum absolute atomic E-state index is 5.51. The van der Waals surface area contributed by atoms with Crippen LogP contribution in [0.15, 0.2) is 53.5 Å². The van der Waals surface area contributed by atoms with Crippen LogP contribution in [0.4, 0.5) is 5.69 Å². The molecule has 1 heterocycles. The van der Waals surface area contributed by atoms with Crippen LogP contribution in [0, 0.1) is 0 Å². The van der Waals surface area contributed by atoms with Gasteiger partial charge in [-0.2, -0.15) is 0 Å². The maximum atomic E-state index is 5.51. The second-order valence-corrected chi connectivity index (χ2v) is 6.79. The van der Waals surface area contributed by atoms with E-state index in [1.807, 2.05) is 30.3 Å². The molecular weight excluding hydrogens is 352 g/mol. The first-order valence-electron chi connectivity index (χ1n) is 9.79. The van der Waals surface area contributed by atoms with Crippen LogP contribution in [0.25, 0.3) is 0 Å². The first-order chi connectivity index (χ1) is 13.7. The van der Waals surface area contributed by atoms with E-state index in [2.05, 4.69) is 40.7 Å². The van der Waals surface area contributed by atoms with Crippen molar-refractivity contribution < 1.29 is 9.47 Å². The van der Waals surface area contributed by atoms with Crippen LogP contribution in [0.1, 0.15) is 18.9 Å². The number of ether oxygens (including phenoxy) is 2. The Kier molecular flexibility index (Phi) is 7.00. The molecule has 0 bridgehead atoms. The molecule has 0 radical (unpaired) electrons. The predicted octanol–water partition coefficient (Wildman–Crippen LogP) is 3.04. The molecule has 6 heteroatoms. The second kappa shape index (κ2) is 9.88. The van der Waals surface area contributed by atoms with E-state index in [0.717, 1.165) is 54.8 Å². The number of benzene rings is 2. The topological polar surface area (TPSA) is 58.1 Å². The van der Waals surface area contributed by atoms with Crippen molar-refractivity contribution in [1.29, 1.82) is 0 Å². The minimum Gasteiger partial charge on any atom is -0.497 e. The second-order valence-electron chi connectivity index (χ2n) is 6.79. The van der Waals surface area contributed by atoms with E-state index < -0.39 is 0 Å². The molecule has 2 aromatic rings. The summed E-state index contributed by atoms with van der Waals surface area (Å²) in [7, 11) is 3.40. The minimum absolute atomic E-state index is 0.341. The van der Waals surface area contributed by atoms with E-state index in [4.69, 9.17) is 14.5 Å². The van der Waals surface area contributed by atoms with Gasteiger partial charge >= 0.3 is 0 Å². The average Bonchev–Trinajstić information content (AvgIpc) is 3.20. The normalized spacial score (nSPS) is 16.8. The van der Waals surface area contributed by atoms with E-state index >= 15 is 0 Å². The van der Waals surface area contributed by atoms with Crippen LogP contribution in [0.2, 0.25) is 0 Å². The van der Waals surface area contributed by atoms with Gasteiger partial charge in [0.2, 0.25) is 0 Å². The van der Waals surface area contributed by atoms with Gasteiger partial charge in [0.25, 0.3) is 0 Å². The van der Waals surface area contributed by atoms with Gasteiger partial charge in [-0.05, 0) is 43.2 Å². The Morgan fingerprint density at radius 1 is 1.14 bits per heavy atom. The third-order valence-corrected chi connectivity index (χ3v) is 4.85. The number of rotatable bonds is 7. The molecule has 28 heavy (non-hydrogen) atoms. The molecule has 0 spiro atoms. The molecule has 150 valence electrons. The Labute approximate surface area is 167 Å². The van der Waals surface area contributed by atoms with Gasteiger partial charge < -0.3 is 25.0 Å². The fourth-order valence-corrected chi connectivity index (χ4v) is 3.44. The van der Waals surface area contributed by atoms with E-state index in [9.17, 15) is 0 Å². The number of hydrogen-bond acceptors (Lipinski definition) is 4. The van der Waals surface area contributed by atoms with Crippen LogP contribution >= 0.6 is 0 Å². The van der Waals surface area contributed by atoms with Gasteiger partial charge in [0, 0.05) is 25.7 Å². The molecule has 6 nitrogen and oxygen atoms in total. The quantitative estimate of drug-likeness (QED) is 0.569. The number of nitrogens with zero attached hydrogens (tertiary/aromatic N) is 2. The summed E-state index contributed by atoms with van der Waals surface area (Å²) in [5.41, 5.74) is 2.27. The van der Waals surface area contributed by atoms with Gasteiger partial charge in [-0.25, -0.2) is 4.99 Å². The van der Waals surface area contributed by atoms with Crippen molar-refractivity contribution >= 4 is 11.6 Å². The van der Waals surface area contributed by atoms with Gasteiger partial charge in [0.1, 0.15) is 11.5 Å². The first-order valence-corrected chi connectivity index (χ1v) is 9.79. The third-order valence-electron chi connectivity index (χ3n) is 4.85. The molecule has 1 fully saturated rings. The SMILES string of the molecule is CCNC(=NCc1cccc(OC)c1)NC1CCN(c2ccccc2OC)C1. The van der Waals surface area contributed by atoms with Crippen LogP contribution in [-0.2, 0) is 6.54 Å². The third kappa shape index (κ3) is 5.09. The zero-order chi connectivity index (χ0) is 19.8. The summed E-state index contributed by atoms with van der Waals surface area (Å²) >= 11 is 0. The highest BCUT2D eigenvalue weighted by molar-refractivity contribution is 5.80. The van der Waals surface area contributed by atoms with Crippen molar-refractivity contribution in [3.63, 3.8) is 0 Å². The molecular formula is C22H30N4O2. The smallest absolute Gasteiger partial charge is 0.191 e. The fourth-order valence-electron chi connectivity index (χ4n) is 3.44. The minimum atomic E-state index is 0.341. The average molecular weight is 383 g/mol. The Hall–Kier alpha value is -2.89. The summed E-state index contributed by atoms with van der Waals surface area (Å²) < 4.78 is 10.8. The molecule has 0 saturated carbocycles. The van der Waals surface area contributed by atoms with Crippen molar-refractivity contribution in [3.8, 4) is 11.5 Å². The molecule has 1 saturated heterocycles. The van der Waals surface area contributed by atoms with E-state index in [0.29, 0.717) is 12.6 Å². The van der Waals surface area contributed by atoms with Crippen LogP contribution in [-0.4, -0.2) is 45.9 Å². The highest BCUT2D eigenvalue weighted by Crippen LogP contribution is 2.30. The molecule has 0 aliphatic carbocycles. The van der Waals surface area contributed by atoms with Crippen molar-refractivity contribution in [2.24, 2.45) is 4.99 Å². The molecule has 3 rings (SSSR count). The number of anilines is 1. The molecule has 0 aromatic heterocycles. The Morgan fingerprint density at radius 2 is 2.00 bits per heavy atom. The van der Waals surface area contributed by atoms with E-state index in [1.165, 1.54) is 0 Å². The number of para-hydroxylation sites is 2. The van der Waals surface area contributed by atoms with Gasteiger partial charge in [-0.1, -0.05) is 24.3 Å². The molecule has 1 atom stereocenters. The highest BCUT2D eigenvalue weighted by atomic mass is 16.5. The van der Waals surface area contributed by atoms with Crippen molar-refractivity contribution in [2.45, 2.75) is 25.9 Å².